The number of carbonyl (C=O) groups is 2. The average Bonchev–Trinajstić information content (AvgIpc) is 2.63. The summed E-state index contributed by atoms with van der Waals surface area (Å²) in [6.45, 7) is 1.99. The van der Waals surface area contributed by atoms with Crippen LogP contribution in [-0.2, 0) is 9.59 Å². The van der Waals surface area contributed by atoms with Crippen LogP contribution in [0.2, 0.25) is 0 Å². The molecule has 4 rings (SSSR count). The molecule has 0 bridgehead atoms. The molecule has 0 spiro atoms. The van der Waals surface area contributed by atoms with Crippen molar-refractivity contribution in [3.05, 3.63) is 71.8 Å². The third kappa shape index (κ3) is 2.95. The monoisotopic (exact) mass is 362 g/mol. The van der Waals surface area contributed by atoms with E-state index in [9.17, 15) is 9.59 Å². The highest BCUT2D eigenvalue weighted by Crippen LogP contribution is 2.40. The fraction of sp³-hybridized carbons (Fsp3) is 0.143. The maximum Gasteiger partial charge on any atom is 0.249 e. The van der Waals surface area contributed by atoms with Crippen molar-refractivity contribution in [3.8, 4) is 0 Å². The first-order valence-electron chi connectivity index (χ1n) is 8.39. The van der Waals surface area contributed by atoms with Crippen molar-refractivity contribution < 1.29 is 9.59 Å². The Hall–Kier alpha value is -2.79. The lowest BCUT2D eigenvalue weighted by Crippen LogP contribution is -2.37. The molecule has 5 heteroatoms. The normalized spacial score (nSPS) is 16.5. The molecule has 3 aromatic carbocycles. The van der Waals surface area contributed by atoms with Gasteiger partial charge in [0, 0.05) is 17.6 Å². The van der Waals surface area contributed by atoms with Gasteiger partial charge in [-0.25, -0.2) is 0 Å². The van der Waals surface area contributed by atoms with Crippen molar-refractivity contribution in [2.24, 2.45) is 0 Å². The summed E-state index contributed by atoms with van der Waals surface area (Å²) in [5.41, 5.74) is 2.57. The van der Waals surface area contributed by atoms with Crippen molar-refractivity contribution in [2.45, 2.75) is 17.7 Å². The summed E-state index contributed by atoms with van der Waals surface area (Å²) in [4.78, 5) is 26.6. The molecule has 1 aliphatic heterocycles. The predicted molar refractivity (Wildman–Crippen MR) is 105 cm³/mol. The largest absolute Gasteiger partial charge is 0.325 e. The summed E-state index contributed by atoms with van der Waals surface area (Å²) in [5.74, 6) is -1.35. The van der Waals surface area contributed by atoms with Crippen molar-refractivity contribution in [1.82, 2.24) is 4.31 Å². The fourth-order valence-electron chi connectivity index (χ4n) is 3.15. The van der Waals surface area contributed by atoms with Gasteiger partial charge in [0.05, 0.1) is 0 Å². The van der Waals surface area contributed by atoms with Crippen LogP contribution >= 0.6 is 11.9 Å². The molecule has 26 heavy (non-hydrogen) atoms. The van der Waals surface area contributed by atoms with Gasteiger partial charge in [0.2, 0.25) is 11.8 Å². The molecule has 4 nitrogen and oxygen atoms in total. The minimum absolute atomic E-state index is 0.206. The topological polar surface area (TPSA) is 49.4 Å². The van der Waals surface area contributed by atoms with Gasteiger partial charge in [-0.1, -0.05) is 42.0 Å². The van der Waals surface area contributed by atoms with E-state index in [-0.39, 0.29) is 11.8 Å². The Morgan fingerprint density at radius 2 is 1.69 bits per heavy atom. The second kappa shape index (κ2) is 6.50. The standard InChI is InChI=1S/C21H18N2O2S/c1-13-7-9-16(10-8-13)22-20(24)19-17-11-14-5-3-4-6-15(14)12-18(17)26-23(2)21(19)25/h3-12,19H,1-2H3,(H,22,24). The Morgan fingerprint density at radius 3 is 2.38 bits per heavy atom. The molecular formula is C21H18N2O2S. The number of hydrogen-bond acceptors (Lipinski definition) is 3. The number of amides is 2. The molecule has 3 aromatic rings. The summed E-state index contributed by atoms with van der Waals surface area (Å²) in [6, 6.07) is 19.5. The number of aryl methyl sites for hydroxylation is 1. The molecule has 2 amide bonds. The number of hydrogen-bond donors (Lipinski definition) is 1. The molecule has 1 N–H and O–H groups in total. The number of nitrogens with zero attached hydrogens (tertiary/aromatic N) is 1. The molecule has 0 aliphatic carbocycles. The van der Waals surface area contributed by atoms with Crippen LogP contribution in [0.15, 0.2) is 65.6 Å². The van der Waals surface area contributed by atoms with E-state index in [1.807, 2.05) is 67.6 Å². The summed E-state index contributed by atoms with van der Waals surface area (Å²) in [6.07, 6.45) is 0. The number of anilines is 1. The second-order valence-electron chi connectivity index (χ2n) is 6.45. The number of likely N-dealkylation sites (N-methyl/N-ethyl adjacent to an activating group) is 1. The van der Waals surface area contributed by atoms with E-state index in [1.54, 1.807) is 7.05 Å². The average molecular weight is 362 g/mol. The van der Waals surface area contributed by atoms with Gasteiger partial charge in [-0.2, -0.15) is 0 Å². The summed E-state index contributed by atoms with van der Waals surface area (Å²) in [5, 5.41) is 5.00. The lowest BCUT2D eigenvalue weighted by atomic mass is 9.94. The van der Waals surface area contributed by atoms with Crippen LogP contribution in [0.5, 0.6) is 0 Å². The first-order chi connectivity index (χ1) is 12.5. The Bertz CT molecular complexity index is 1010. The van der Waals surface area contributed by atoms with Gasteiger partial charge in [0.1, 0.15) is 5.92 Å². The van der Waals surface area contributed by atoms with E-state index in [1.165, 1.54) is 16.3 Å². The van der Waals surface area contributed by atoms with Crippen LogP contribution in [0, 0.1) is 6.92 Å². The predicted octanol–water partition coefficient (Wildman–Crippen LogP) is 4.35. The highest BCUT2D eigenvalue weighted by atomic mass is 32.2. The van der Waals surface area contributed by atoms with E-state index in [0.29, 0.717) is 5.69 Å². The molecule has 0 fully saturated rings. The molecular weight excluding hydrogens is 344 g/mol. The van der Waals surface area contributed by atoms with Gasteiger partial charge < -0.3 is 5.32 Å². The van der Waals surface area contributed by atoms with Crippen molar-refractivity contribution >= 4 is 40.2 Å². The Balaban J connectivity index is 1.75. The lowest BCUT2D eigenvalue weighted by Gasteiger charge is -2.30. The van der Waals surface area contributed by atoms with E-state index < -0.39 is 5.92 Å². The number of benzene rings is 3. The number of rotatable bonds is 2. The Morgan fingerprint density at radius 1 is 1.04 bits per heavy atom. The van der Waals surface area contributed by atoms with E-state index in [4.69, 9.17) is 0 Å². The van der Waals surface area contributed by atoms with Gasteiger partial charge in [0.15, 0.2) is 0 Å². The third-order valence-corrected chi connectivity index (χ3v) is 5.57. The molecule has 0 saturated heterocycles. The molecule has 1 unspecified atom stereocenters. The zero-order valence-electron chi connectivity index (χ0n) is 14.5. The number of fused-ring (bicyclic) bond motifs is 2. The van der Waals surface area contributed by atoms with Crippen molar-refractivity contribution in [3.63, 3.8) is 0 Å². The van der Waals surface area contributed by atoms with Gasteiger partial charge in [-0.05, 0) is 59.5 Å². The minimum Gasteiger partial charge on any atom is -0.325 e. The highest BCUT2D eigenvalue weighted by Gasteiger charge is 2.37. The maximum absolute atomic E-state index is 12.9. The Labute approximate surface area is 156 Å². The maximum atomic E-state index is 12.9. The fourth-order valence-corrected chi connectivity index (χ4v) is 4.11. The third-order valence-electron chi connectivity index (χ3n) is 4.56. The summed E-state index contributed by atoms with van der Waals surface area (Å²) >= 11 is 1.37. The van der Waals surface area contributed by atoms with Gasteiger partial charge in [0.25, 0.3) is 0 Å². The number of nitrogens with one attached hydrogen (secondary N) is 1. The highest BCUT2D eigenvalue weighted by molar-refractivity contribution is 7.97. The van der Waals surface area contributed by atoms with Gasteiger partial charge >= 0.3 is 0 Å². The van der Waals surface area contributed by atoms with Gasteiger partial charge in [-0.15, -0.1) is 0 Å². The molecule has 1 heterocycles. The lowest BCUT2D eigenvalue weighted by molar-refractivity contribution is -0.132. The summed E-state index contributed by atoms with van der Waals surface area (Å²) < 4.78 is 1.54. The van der Waals surface area contributed by atoms with Crippen LogP contribution in [0.25, 0.3) is 10.8 Å². The molecule has 130 valence electrons. The van der Waals surface area contributed by atoms with E-state index >= 15 is 0 Å². The van der Waals surface area contributed by atoms with Crippen LogP contribution in [0.3, 0.4) is 0 Å². The first kappa shape index (κ1) is 16.7. The minimum atomic E-state index is -0.845. The van der Waals surface area contributed by atoms with Crippen LogP contribution in [-0.4, -0.2) is 23.2 Å². The van der Waals surface area contributed by atoms with E-state index in [0.717, 1.165) is 26.8 Å². The first-order valence-corrected chi connectivity index (χ1v) is 9.16. The zero-order valence-corrected chi connectivity index (χ0v) is 15.3. The number of carbonyl (C=O) groups excluding carboxylic acids is 2. The van der Waals surface area contributed by atoms with Crippen molar-refractivity contribution in [2.75, 3.05) is 12.4 Å². The second-order valence-corrected chi connectivity index (χ2v) is 7.62. The molecule has 0 radical (unpaired) electrons. The molecule has 0 aromatic heterocycles. The van der Waals surface area contributed by atoms with Crippen LogP contribution in [0.1, 0.15) is 17.0 Å². The van der Waals surface area contributed by atoms with E-state index in [2.05, 4.69) is 5.32 Å². The van der Waals surface area contributed by atoms with Crippen LogP contribution in [0.4, 0.5) is 5.69 Å². The SMILES string of the molecule is Cc1ccc(NC(=O)C2C(=O)N(C)Sc3cc4ccccc4cc32)cc1. The Kier molecular flexibility index (Phi) is 4.17. The molecule has 1 aliphatic rings. The summed E-state index contributed by atoms with van der Waals surface area (Å²) in [7, 11) is 1.71. The smallest absolute Gasteiger partial charge is 0.249 e. The van der Waals surface area contributed by atoms with Crippen LogP contribution < -0.4 is 5.32 Å². The quantitative estimate of drug-likeness (QED) is 0.545. The van der Waals surface area contributed by atoms with Gasteiger partial charge in [-0.3, -0.25) is 13.9 Å². The van der Waals surface area contributed by atoms with Crippen molar-refractivity contribution in [1.29, 1.82) is 0 Å². The molecule has 0 saturated carbocycles. The zero-order chi connectivity index (χ0) is 18.3. The molecule has 1 atom stereocenters.